The first kappa shape index (κ1) is 22.5. The van der Waals surface area contributed by atoms with Crippen LogP contribution < -0.4 is 19.8 Å². The zero-order valence-electron chi connectivity index (χ0n) is 19.5. The molecule has 0 bridgehead atoms. The summed E-state index contributed by atoms with van der Waals surface area (Å²) < 4.78 is 17.5. The minimum absolute atomic E-state index is 0.0639. The molecule has 1 N–H and O–H groups in total. The van der Waals surface area contributed by atoms with Gasteiger partial charge < -0.3 is 19.2 Å². The summed E-state index contributed by atoms with van der Waals surface area (Å²) in [6, 6.07) is 13.6. The van der Waals surface area contributed by atoms with E-state index in [0.717, 1.165) is 46.4 Å². The van der Waals surface area contributed by atoms with E-state index < -0.39 is 0 Å². The maximum Gasteiger partial charge on any atom is 0.260 e. The van der Waals surface area contributed by atoms with Crippen LogP contribution in [0, 0.1) is 6.92 Å². The monoisotopic (exact) mass is 476 g/mol. The van der Waals surface area contributed by atoms with Gasteiger partial charge in [0.15, 0.2) is 11.5 Å². The van der Waals surface area contributed by atoms with Crippen molar-refractivity contribution in [3.05, 3.63) is 68.8 Å². The predicted octanol–water partition coefficient (Wildman–Crippen LogP) is 5.70. The second kappa shape index (κ2) is 9.89. The van der Waals surface area contributed by atoms with Crippen LogP contribution in [0.2, 0.25) is 0 Å². The van der Waals surface area contributed by atoms with Gasteiger partial charge in [0.05, 0.1) is 12.0 Å². The number of hydrogen-bond acceptors (Lipinski definition) is 6. The molecular formula is C27H28N2O4S. The lowest BCUT2D eigenvalue weighted by atomic mass is 9.97. The minimum Gasteiger partial charge on any atom is -0.490 e. The molecule has 0 aliphatic heterocycles. The van der Waals surface area contributed by atoms with E-state index >= 15 is 0 Å². The predicted molar refractivity (Wildman–Crippen MR) is 136 cm³/mol. The molecule has 0 spiro atoms. The number of benzene rings is 2. The summed E-state index contributed by atoms with van der Waals surface area (Å²) in [6.45, 7) is 5.27. The zero-order chi connectivity index (χ0) is 23.5. The first-order valence-corrected chi connectivity index (χ1v) is 12.6. The van der Waals surface area contributed by atoms with Crippen LogP contribution in [0.4, 0.5) is 0 Å². The Morgan fingerprint density at radius 2 is 1.85 bits per heavy atom. The highest BCUT2D eigenvalue weighted by Crippen LogP contribution is 2.36. The van der Waals surface area contributed by atoms with Crippen LogP contribution in [0.15, 0.2) is 47.3 Å². The van der Waals surface area contributed by atoms with Gasteiger partial charge in [-0.1, -0.05) is 12.1 Å². The second-order valence-corrected chi connectivity index (χ2v) is 9.50. The Labute approximate surface area is 202 Å². The third-order valence-electron chi connectivity index (χ3n) is 5.94. The van der Waals surface area contributed by atoms with E-state index in [9.17, 15) is 4.79 Å². The molecule has 2 heterocycles. The number of H-pyrrole nitrogens is 1. The van der Waals surface area contributed by atoms with Crippen LogP contribution in [-0.2, 0) is 12.8 Å². The van der Waals surface area contributed by atoms with Crippen LogP contribution in [0.25, 0.3) is 21.6 Å². The van der Waals surface area contributed by atoms with Gasteiger partial charge in [0.1, 0.15) is 29.6 Å². The molecule has 0 fully saturated rings. The average molecular weight is 477 g/mol. The Balaban J connectivity index is 1.35. The molecule has 0 saturated heterocycles. The fourth-order valence-electron chi connectivity index (χ4n) is 4.36. The fourth-order valence-corrected chi connectivity index (χ4v) is 5.62. The molecule has 0 amide bonds. The van der Waals surface area contributed by atoms with E-state index in [-0.39, 0.29) is 5.56 Å². The molecule has 2 aromatic carbocycles. The molecule has 1 aliphatic carbocycles. The second-order valence-electron chi connectivity index (χ2n) is 8.41. The van der Waals surface area contributed by atoms with E-state index in [0.29, 0.717) is 37.1 Å². The van der Waals surface area contributed by atoms with Crippen molar-refractivity contribution in [1.29, 1.82) is 0 Å². The van der Waals surface area contributed by atoms with Crippen LogP contribution in [0.5, 0.6) is 17.2 Å². The quantitative estimate of drug-likeness (QED) is 0.331. The Hall–Kier alpha value is -3.32. The molecule has 2 aromatic heterocycles. The minimum atomic E-state index is -0.0639. The number of nitrogens with one attached hydrogen (secondary N) is 1. The topological polar surface area (TPSA) is 73.4 Å². The van der Waals surface area contributed by atoms with Gasteiger partial charge in [0, 0.05) is 10.4 Å². The highest BCUT2D eigenvalue weighted by atomic mass is 32.1. The van der Waals surface area contributed by atoms with Crippen molar-refractivity contribution in [2.45, 2.75) is 39.5 Å². The smallest absolute Gasteiger partial charge is 0.260 e. The molecule has 7 heteroatoms. The molecule has 0 atom stereocenters. The Bertz CT molecular complexity index is 1380. The SMILES string of the molecule is CCOc1cc(-c2nc3sc4c(c3c(=O)[nH]2)CCCC4)ccc1OCCOc1cccc(C)c1. The molecule has 0 unspecified atom stereocenters. The van der Waals surface area contributed by atoms with Crippen molar-refractivity contribution in [3.8, 4) is 28.6 Å². The van der Waals surface area contributed by atoms with Gasteiger partial charge in [0.25, 0.3) is 5.56 Å². The lowest BCUT2D eigenvalue weighted by Gasteiger charge is -2.14. The van der Waals surface area contributed by atoms with Crippen LogP contribution in [0.3, 0.4) is 0 Å². The third kappa shape index (κ3) is 4.66. The van der Waals surface area contributed by atoms with E-state index in [4.69, 9.17) is 19.2 Å². The van der Waals surface area contributed by atoms with Gasteiger partial charge in [0.2, 0.25) is 0 Å². The Kier molecular flexibility index (Phi) is 6.54. The number of thiophene rings is 1. The van der Waals surface area contributed by atoms with Crippen molar-refractivity contribution < 1.29 is 14.2 Å². The number of aromatic amines is 1. The van der Waals surface area contributed by atoms with Gasteiger partial charge in [-0.05, 0) is 81.0 Å². The lowest BCUT2D eigenvalue weighted by Crippen LogP contribution is -2.11. The molecule has 0 radical (unpaired) electrons. The normalized spacial score (nSPS) is 13.0. The van der Waals surface area contributed by atoms with Gasteiger partial charge >= 0.3 is 0 Å². The van der Waals surface area contributed by atoms with Crippen LogP contribution >= 0.6 is 11.3 Å². The first-order valence-electron chi connectivity index (χ1n) is 11.8. The van der Waals surface area contributed by atoms with Gasteiger partial charge in [-0.15, -0.1) is 11.3 Å². The van der Waals surface area contributed by atoms with Crippen molar-refractivity contribution in [2.24, 2.45) is 0 Å². The lowest BCUT2D eigenvalue weighted by molar-refractivity contribution is 0.208. The molecule has 34 heavy (non-hydrogen) atoms. The number of aromatic nitrogens is 2. The standard InChI is InChI=1S/C27H28N2O4S/c1-3-31-22-16-18(11-12-21(22)33-14-13-32-19-8-6-7-17(2)15-19)25-28-26(30)24-20-9-4-5-10-23(20)34-27(24)29-25/h6-8,11-12,15-16H,3-5,9-10,13-14H2,1-2H3,(H,28,29,30). The number of nitrogens with zero attached hydrogens (tertiary/aromatic N) is 1. The highest BCUT2D eigenvalue weighted by molar-refractivity contribution is 7.18. The van der Waals surface area contributed by atoms with Gasteiger partial charge in [-0.3, -0.25) is 4.79 Å². The third-order valence-corrected chi connectivity index (χ3v) is 7.13. The number of aryl methyl sites for hydroxylation is 3. The summed E-state index contributed by atoms with van der Waals surface area (Å²) in [4.78, 5) is 22.9. The van der Waals surface area contributed by atoms with E-state index in [1.807, 2.05) is 56.3 Å². The van der Waals surface area contributed by atoms with Gasteiger partial charge in [-0.25, -0.2) is 4.98 Å². The van der Waals surface area contributed by atoms with Crippen molar-refractivity contribution in [2.75, 3.05) is 19.8 Å². The summed E-state index contributed by atoms with van der Waals surface area (Å²) in [5.74, 6) is 2.62. The molecule has 0 saturated carbocycles. The summed E-state index contributed by atoms with van der Waals surface area (Å²) >= 11 is 1.65. The summed E-state index contributed by atoms with van der Waals surface area (Å²) in [6.07, 6.45) is 4.32. The number of rotatable bonds is 8. The zero-order valence-corrected chi connectivity index (χ0v) is 20.3. The van der Waals surface area contributed by atoms with Crippen molar-refractivity contribution in [1.82, 2.24) is 9.97 Å². The van der Waals surface area contributed by atoms with Crippen LogP contribution in [-0.4, -0.2) is 29.8 Å². The summed E-state index contributed by atoms with van der Waals surface area (Å²) in [5, 5.41) is 0.766. The number of hydrogen-bond donors (Lipinski definition) is 1. The maximum atomic E-state index is 12.9. The van der Waals surface area contributed by atoms with E-state index in [1.54, 1.807) is 11.3 Å². The van der Waals surface area contributed by atoms with E-state index in [1.165, 1.54) is 16.9 Å². The highest BCUT2D eigenvalue weighted by Gasteiger charge is 2.20. The molecule has 1 aliphatic rings. The number of fused-ring (bicyclic) bond motifs is 3. The van der Waals surface area contributed by atoms with Crippen molar-refractivity contribution >= 4 is 21.6 Å². The molecular weight excluding hydrogens is 448 g/mol. The fraction of sp³-hybridized carbons (Fsp3) is 0.333. The average Bonchev–Trinajstić information content (AvgIpc) is 3.22. The molecule has 6 nitrogen and oxygen atoms in total. The Morgan fingerprint density at radius 1 is 1.00 bits per heavy atom. The van der Waals surface area contributed by atoms with Crippen LogP contribution in [0.1, 0.15) is 35.8 Å². The summed E-state index contributed by atoms with van der Waals surface area (Å²) in [5.41, 5.74) is 3.07. The number of ether oxygens (including phenoxy) is 3. The summed E-state index contributed by atoms with van der Waals surface area (Å²) in [7, 11) is 0. The van der Waals surface area contributed by atoms with Crippen molar-refractivity contribution in [3.63, 3.8) is 0 Å². The molecule has 176 valence electrons. The molecule has 5 rings (SSSR count). The Morgan fingerprint density at radius 3 is 2.71 bits per heavy atom. The van der Waals surface area contributed by atoms with E-state index in [2.05, 4.69) is 4.98 Å². The maximum absolute atomic E-state index is 12.9. The largest absolute Gasteiger partial charge is 0.490 e. The van der Waals surface area contributed by atoms with Gasteiger partial charge in [-0.2, -0.15) is 0 Å². The molecule has 4 aromatic rings. The first-order chi connectivity index (χ1) is 16.6.